The van der Waals surface area contributed by atoms with E-state index in [0.29, 0.717) is 16.5 Å². The molecule has 0 radical (unpaired) electrons. The number of nitrogens with zero attached hydrogens (tertiary/aromatic N) is 2. The van der Waals surface area contributed by atoms with Gasteiger partial charge in [-0.05, 0) is 31.5 Å². The van der Waals surface area contributed by atoms with Crippen LogP contribution in [0.5, 0.6) is 0 Å². The SMILES string of the molecule is CCCCC(CC)CNC(=O)Cn1c(-c2ccc(C)cc2)n[nH]c1=S. The Hall–Kier alpha value is -1.95. The summed E-state index contributed by atoms with van der Waals surface area (Å²) in [5, 5.41) is 10.1. The summed E-state index contributed by atoms with van der Waals surface area (Å²) in [6, 6.07) is 8.03. The predicted molar refractivity (Wildman–Crippen MR) is 104 cm³/mol. The molecule has 136 valence electrons. The van der Waals surface area contributed by atoms with Gasteiger partial charge in [-0.2, -0.15) is 5.10 Å². The van der Waals surface area contributed by atoms with Crippen molar-refractivity contribution in [2.75, 3.05) is 6.54 Å². The number of hydrogen-bond acceptors (Lipinski definition) is 3. The van der Waals surface area contributed by atoms with Crippen LogP contribution in [0.3, 0.4) is 0 Å². The second-order valence-electron chi connectivity index (χ2n) is 6.53. The van der Waals surface area contributed by atoms with Gasteiger partial charge in [-0.15, -0.1) is 0 Å². The highest BCUT2D eigenvalue weighted by Crippen LogP contribution is 2.18. The first kappa shape index (κ1) is 19.4. The quantitative estimate of drug-likeness (QED) is 0.657. The molecule has 2 aromatic rings. The van der Waals surface area contributed by atoms with Crippen molar-refractivity contribution < 1.29 is 4.79 Å². The van der Waals surface area contributed by atoms with Gasteiger partial charge in [0.25, 0.3) is 0 Å². The van der Waals surface area contributed by atoms with E-state index in [0.717, 1.165) is 24.9 Å². The molecule has 0 fully saturated rings. The topological polar surface area (TPSA) is 62.7 Å². The van der Waals surface area contributed by atoms with Gasteiger partial charge in [-0.3, -0.25) is 14.5 Å². The molecule has 2 N–H and O–H groups in total. The lowest BCUT2D eigenvalue weighted by atomic mass is 9.99. The van der Waals surface area contributed by atoms with Crippen LogP contribution in [0.4, 0.5) is 0 Å². The Balaban J connectivity index is 2.02. The molecule has 1 aromatic carbocycles. The molecule has 0 saturated heterocycles. The molecule has 0 saturated carbocycles. The number of benzene rings is 1. The molecule has 1 unspecified atom stereocenters. The highest BCUT2D eigenvalue weighted by Gasteiger charge is 2.13. The van der Waals surface area contributed by atoms with Crippen LogP contribution < -0.4 is 5.32 Å². The molecule has 0 spiro atoms. The molecule has 1 aromatic heterocycles. The second kappa shape index (κ2) is 9.51. The van der Waals surface area contributed by atoms with Gasteiger partial charge in [-0.1, -0.05) is 62.9 Å². The number of amides is 1. The van der Waals surface area contributed by atoms with E-state index in [1.165, 1.54) is 18.4 Å². The van der Waals surface area contributed by atoms with Crippen molar-refractivity contribution in [2.45, 2.75) is 53.0 Å². The summed E-state index contributed by atoms with van der Waals surface area (Å²) in [4.78, 5) is 12.4. The predicted octanol–water partition coefficient (Wildman–Crippen LogP) is 4.25. The fourth-order valence-electron chi connectivity index (χ4n) is 2.79. The highest BCUT2D eigenvalue weighted by atomic mass is 32.1. The van der Waals surface area contributed by atoms with Gasteiger partial charge in [0.2, 0.25) is 5.91 Å². The molecular weight excluding hydrogens is 332 g/mol. The van der Waals surface area contributed by atoms with Crippen LogP contribution in [0.25, 0.3) is 11.4 Å². The molecule has 25 heavy (non-hydrogen) atoms. The first-order valence-corrected chi connectivity index (χ1v) is 9.44. The van der Waals surface area contributed by atoms with E-state index in [9.17, 15) is 4.79 Å². The molecule has 1 heterocycles. The number of carbonyl (C=O) groups is 1. The monoisotopic (exact) mass is 360 g/mol. The maximum atomic E-state index is 12.4. The average Bonchev–Trinajstić information content (AvgIpc) is 2.96. The Bertz CT molecular complexity index is 733. The molecule has 1 atom stereocenters. The van der Waals surface area contributed by atoms with Gasteiger partial charge in [0.05, 0.1) is 0 Å². The van der Waals surface area contributed by atoms with Crippen molar-refractivity contribution in [2.24, 2.45) is 5.92 Å². The summed E-state index contributed by atoms with van der Waals surface area (Å²) >= 11 is 5.30. The van der Waals surface area contributed by atoms with Crippen molar-refractivity contribution in [1.29, 1.82) is 0 Å². The molecule has 1 amide bonds. The van der Waals surface area contributed by atoms with Gasteiger partial charge < -0.3 is 5.32 Å². The third-order valence-corrected chi connectivity index (χ3v) is 4.81. The zero-order valence-electron chi connectivity index (χ0n) is 15.3. The van der Waals surface area contributed by atoms with Crippen molar-refractivity contribution in [3.8, 4) is 11.4 Å². The smallest absolute Gasteiger partial charge is 0.240 e. The largest absolute Gasteiger partial charge is 0.354 e. The van der Waals surface area contributed by atoms with Crippen molar-refractivity contribution >= 4 is 18.1 Å². The van der Waals surface area contributed by atoms with E-state index in [2.05, 4.69) is 29.4 Å². The Kier molecular flexibility index (Phi) is 7.37. The van der Waals surface area contributed by atoms with E-state index in [-0.39, 0.29) is 12.5 Å². The Morgan fingerprint density at radius 1 is 1.32 bits per heavy atom. The first-order chi connectivity index (χ1) is 12.0. The van der Waals surface area contributed by atoms with Crippen LogP contribution in [0.2, 0.25) is 0 Å². The van der Waals surface area contributed by atoms with E-state index in [1.54, 1.807) is 4.57 Å². The number of hydrogen-bond donors (Lipinski definition) is 2. The maximum Gasteiger partial charge on any atom is 0.240 e. The molecule has 2 rings (SSSR count). The first-order valence-electron chi connectivity index (χ1n) is 9.04. The molecule has 0 aliphatic carbocycles. The standard InChI is InChI=1S/C19H28N4OS/c1-4-6-7-15(5-2)12-20-17(24)13-23-18(21-22-19(23)25)16-10-8-14(3)9-11-16/h8-11,15H,4-7,12-13H2,1-3H3,(H,20,24)(H,22,25). The summed E-state index contributed by atoms with van der Waals surface area (Å²) in [7, 11) is 0. The summed E-state index contributed by atoms with van der Waals surface area (Å²) in [5.41, 5.74) is 2.12. The second-order valence-corrected chi connectivity index (χ2v) is 6.91. The molecular formula is C19H28N4OS. The van der Waals surface area contributed by atoms with Crippen molar-refractivity contribution in [3.05, 3.63) is 34.6 Å². The van der Waals surface area contributed by atoms with Gasteiger partial charge in [0.15, 0.2) is 10.6 Å². The van der Waals surface area contributed by atoms with Crippen LogP contribution in [-0.2, 0) is 11.3 Å². The molecule has 0 aliphatic rings. The lowest BCUT2D eigenvalue weighted by Crippen LogP contribution is -2.32. The van der Waals surface area contributed by atoms with Gasteiger partial charge in [0, 0.05) is 12.1 Å². The number of aromatic nitrogens is 3. The van der Waals surface area contributed by atoms with Gasteiger partial charge >= 0.3 is 0 Å². The Labute approximate surface area is 154 Å². The molecule has 6 heteroatoms. The number of aromatic amines is 1. The van der Waals surface area contributed by atoms with Crippen LogP contribution in [0, 0.1) is 17.6 Å². The summed E-state index contributed by atoms with van der Waals surface area (Å²) in [5.74, 6) is 1.21. The zero-order valence-corrected chi connectivity index (χ0v) is 16.2. The number of rotatable bonds is 9. The van der Waals surface area contributed by atoms with Crippen LogP contribution in [-0.4, -0.2) is 27.2 Å². The average molecular weight is 361 g/mol. The van der Waals surface area contributed by atoms with Crippen LogP contribution in [0.15, 0.2) is 24.3 Å². The van der Waals surface area contributed by atoms with Crippen molar-refractivity contribution in [1.82, 2.24) is 20.1 Å². The normalized spacial score (nSPS) is 12.1. The molecule has 0 bridgehead atoms. The fourth-order valence-corrected chi connectivity index (χ4v) is 2.99. The minimum Gasteiger partial charge on any atom is -0.354 e. The lowest BCUT2D eigenvalue weighted by molar-refractivity contribution is -0.121. The number of H-pyrrole nitrogens is 1. The Morgan fingerprint density at radius 2 is 2.04 bits per heavy atom. The zero-order chi connectivity index (χ0) is 18.2. The number of nitrogens with one attached hydrogen (secondary N) is 2. The maximum absolute atomic E-state index is 12.4. The van der Waals surface area contributed by atoms with Crippen LogP contribution >= 0.6 is 12.2 Å². The summed E-state index contributed by atoms with van der Waals surface area (Å²) in [6.45, 7) is 7.31. The number of aryl methyl sites for hydroxylation is 1. The van der Waals surface area contributed by atoms with E-state index >= 15 is 0 Å². The summed E-state index contributed by atoms with van der Waals surface area (Å²) < 4.78 is 2.21. The minimum atomic E-state index is -0.0270. The number of carbonyl (C=O) groups excluding carboxylic acids is 1. The van der Waals surface area contributed by atoms with Crippen molar-refractivity contribution in [3.63, 3.8) is 0 Å². The highest BCUT2D eigenvalue weighted by molar-refractivity contribution is 7.71. The molecule has 0 aliphatic heterocycles. The van der Waals surface area contributed by atoms with E-state index in [1.807, 2.05) is 31.2 Å². The van der Waals surface area contributed by atoms with E-state index in [4.69, 9.17) is 12.2 Å². The number of unbranched alkanes of at least 4 members (excludes halogenated alkanes) is 1. The third kappa shape index (κ3) is 5.53. The van der Waals surface area contributed by atoms with Gasteiger partial charge in [-0.25, -0.2) is 0 Å². The Morgan fingerprint density at radius 3 is 2.68 bits per heavy atom. The summed E-state index contributed by atoms with van der Waals surface area (Å²) in [6.07, 6.45) is 4.64. The fraction of sp³-hybridized carbons (Fsp3) is 0.526. The van der Waals surface area contributed by atoms with Crippen LogP contribution in [0.1, 0.15) is 45.1 Å². The van der Waals surface area contributed by atoms with Gasteiger partial charge in [0.1, 0.15) is 6.54 Å². The minimum absolute atomic E-state index is 0.0270. The third-order valence-electron chi connectivity index (χ3n) is 4.50. The van der Waals surface area contributed by atoms with E-state index < -0.39 is 0 Å². The lowest BCUT2D eigenvalue weighted by Gasteiger charge is -2.15. The molecule has 5 nitrogen and oxygen atoms in total.